The van der Waals surface area contributed by atoms with Crippen LogP contribution in [0.4, 0.5) is 13.2 Å². The first-order valence-electron chi connectivity index (χ1n) is 12.1. The van der Waals surface area contributed by atoms with E-state index in [4.69, 9.17) is 9.57 Å². The summed E-state index contributed by atoms with van der Waals surface area (Å²) in [7, 11) is 0. The van der Waals surface area contributed by atoms with Crippen LogP contribution in [0.2, 0.25) is 0 Å². The summed E-state index contributed by atoms with van der Waals surface area (Å²) in [6.45, 7) is 5.59. The second-order valence-corrected chi connectivity index (χ2v) is 9.06. The standard InChI is InChI=1S/C28H31F3N2O2/c1-4-18(2)27(35-33-19(3)22-11-8-12-25-23(22)15-16-32-25)20-13-14-26(24(17-20)28(29,30)31)34-21-9-6-5-7-10-21/h8,11-17,21,32H,4-7,9-10H2,1-3H3/b27-18?,33-19+. The van der Waals surface area contributed by atoms with Crippen molar-refractivity contribution < 1.29 is 22.7 Å². The molecule has 1 aliphatic carbocycles. The fourth-order valence-corrected chi connectivity index (χ4v) is 4.46. The average molecular weight is 485 g/mol. The van der Waals surface area contributed by atoms with Crippen LogP contribution in [0.1, 0.15) is 76.0 Å². The third-order valence-electron chi connectivity index (χ3n) is 6.57. The van der Waals surface area contributed by atoms with Gasteiger partial charge in [0.25, 0.3) is 0 Å². The van der Waals surface area contributed by atoms with Crippen molar-refractivity contribution in [3.05, 3.63) is 70.9 Å². The predicted molar refractivity (Wildman–Crippen MR) is 133 cm³/mol. The minimum absolute atomic E-state index is 0.125. The van der Waals surface area contributed by atoms with Gasteiger partial charge in [0.15, 0.2) is 5.76 Å². The molecule has 0 bridgehead atoms. The Labute approximate surface area is 203 Å². The van der Waals surface area contributed by atoms with Gasteiger partial charge in [0.2, 0.25) is 0 Å². The number of nitrogens with zero attached hydrogens (tertiary/aromatic N) is 1. The molecule has 0 atom stereocenters. The Morgan fingerprint density at radius 1 is 1.06 bits per heavy atom. The zero-order valence-electron chi connectivity index (χ0n) is 20.3. The number of hydrogen-bond donors (Lipinski definition) is 1. The summed E-state index contributed by atoms with van der Waals surface area (Å²) >= 11 is 0. The molecule has 1 aromatic heterocycles. The summed E-state index contributed by atoms with van der Waals surface area (Å²) in [5, 5.41) is 5.31. The molecule has 0 spiro atoms. The molecule has 1 heterocycles. The van der Waals surface area contributed by atoms with Crippen LogP contribution in [0.3, 0.4) is 0 Å². The maximum Gasteiger partial charge on any atom is 0.419 e. The molecule has 4 nitrogen and oxygen atoms in total. The number of alkyl halides is 3. The second kappa shape index (κ2) is 10.6. The van der Waals surface area contributed by atoms with Gasteiger partial charge in [-0.1, -0.05) is 30.6 Å². The Hall–Kier alpha value is -3.22. The third kappa shape index (κ3) is 5.72. The Kier molecular flexibility index (Phi) is 7.53. The van der Waals surface area contributed by atoms with E-state index in [0.29, 0.717) is 23.5 Å². The van der Waals surface area contributed by atoms with Crippen molar-refractivity contribution in [3.8, 4) is 5.75 Å². The summed E-state index contributed by atoms with van der Waals surface area (Å²) in [6, 6.07) is 11.9. The normalized spacial score (nSPS) is 16.3. The maximum atomic E-state index is 14.0. The first-order valence-corrected chi connectivity index (χ1v) is 12.1. The molecule has 35 heavy (non-hydrogen) atoms. The molecular formula is C28H31F3N2O2. The molecule has 1 saturated carbocycles. The van der Waals surface area contributed by atoms with Crippen molar-refractivity contribution in [2.24, 2.45) is 5.16 Å². The van der Waals surface area contributed by atoms with Gasteiger partial charge in [0.05, 0.1) is 17.4 Å². The summed E-state index contributed by atoms with van der Waals surface area (Å²) < 4.78 is 47.9. The third-order valence-corrected chi connectivity index (χ3v) is 6.57. The number of nitrogens with one attached hydrogen (secondary N) is 1. The largest absolute Gasteiger partial charge is 0.490 e. The molecule has 0 unspecified atom stereocenters. The lowest BCUT2D eigenvalue weighted by molar-refractivity contribution is -0.139. The second-order valence-electron chi connectivity index (χ2n) is 9.06. The SMILES string of the molecule is CCC(C)=C(O/N=C(\C)c1cccc2[nH]ccc12)c1ccc(OC2CCCCC2)c(C(F)(F)F)c1. The van der Waals surface area contributed by atoms with Gasteiger partial charge in [-0.05, 0) is 81.9 Å². The number of oxime groups is 1. The first-order chi connectivity index (χ1) is 16.8. The number of aromatic amines is 1. The van der Waals surface area contributed by atoms with E-state index in [1.54, 1.807) is 6.07 Å². The summed E-state index contributed by atoms with van der Waals surface area (Å²) in [5.41, 5.74) is 2.83. The molecule has 1 fully saturated rings. The number of allylic oxidation sites excluding steroid dienone is 1. The number of halogens is 3. The zero-order chi connectivity index (χ0) is 25.0. The van der Waals surface area contributed by atoms with E-state index >= 15 is 0 Å². The molecule has 0 radical (unpaired) electrons. The zero-order valence-corrected chi connectivity index (χ0v) is 20.3. The Morgan fingerprint density at radius 3 is 2.54 bits per heavy atom. The first kappa shape index (κ1) is 24.9. The molecule has 7 heteroatoms. The van der Waals surface area contributed by atoms with Gasteiger partial charge in [-0.3, -0.25) is 0 Å². The topological polar surface area (TPSA) is 46.6 Å². The minimum Gasteiger partial charge on any atom is -0.490 e. The van der Waals surface area contributed by atoms with Crippen LogP contribution < -0.4 is 4.74 Å². The molecule has 3 aromatic rings. The molecule has 1 aliphatic rings. The highest BCUT2D eigenvalue weighted by atomic mass is 19.4. The number of aromatic nitrogens is 1. The Morgan fingerprint density at radius 2 is 1.83 bits per heavy atom. The summed E-state index contributed by atoms with van der Waals surface area (Å²) in [5.74, 6) is 0.197. The number of benzene rings is 2. The van der Waals surface area contributed by atoms with E-state index in [1.165, 1.54) is 6.07 Å². The van der Waals surface area contributed by atoms with Gasteiger partial charge in [-0.2, -0.15) is 13.2 Å². The highest BCUT2D eigenvalue weighted by molar-refractivity contribution is 6.09. The number of ether oxygens (including phenoxy) is 1. The van der Waals surface area contributed by atoms with Crippen LogP contribution >= 0.6 is 0 Å². The van der Waals surface area contributed by atoms with E-state index in [1.807, 2.05) is 51.2 Å². The van der Waals surface area contributed by atoms with Gasteiger partial charge < -0.3 is 14.6 Å². The van der Waals surface area contributed by atoms with Gasteiger partial charge in [-0.15, -0.1) is 0 Å². The quantitative estimate of drug-likeness (QED) is 0.208. The van der Waals surface area contributed by atoms with Crippen molar-refractivity contribution in [2.45, 2.75) is 71.6 Å². The maximum absolute atomic E-state index is 14.0. The highest BCUT2D eigenvalue weighted by Crippen LogP contribution is 2.40. The molecule has 2 aromatic carbocycles. The lowest BCUT2D eigenvalue weighted by atomic mass is 9.97. The highest BCUT2D eigenvalue weighted by Gasteiger charge is 2.36. The lowest BCUT2D eigenvalue weighted by Gasteiger charge is -2.25. The monoisotopic (exact) mass is 484 g/mol. The van der Waals surface area contributed by atoms with Crippen molar-refractivity contribution in [3.63, 3.8) is 0 Å². The van der Waals surface area contributed by atoms with Crippen LogP contribution in [0.5, 0.6) is 5.75 Å². The van der Waals surface area contributed by atoms with E-state index in [-0.39, 0.29) is 11.9 Å². The molecule has 4 rings (SSSR count). The molecular weight excluding hydrogens is 453 g/mol. The number of rotatable bonds is 7. The van der Waals surface area contributed by atoms with Gasteiger partial charge in [-0.25, -0.2) is 0 Å². The molecule has 1 N–H and O–H groups in total. The van der Waals surface area contributed by atoms with Gasteiger partial charge in [0, 0.05) is 28.2 Å². The minimum atomic E-state index is -4.55. The van der Waals surface area contributed by atoms with Gasteiger partial charge in [0.1, 0.15) is 5.75 Å². The summed E-state index contributed by atoms with van der Waals surface area (Å²) in [4.78, 5) is 8.99. The molecule has 0 aliphatic heterocycles. The van der Waals surface area contributed by atoms with Crippen molar-refractivity contribution in [1.82, 2.24) is 4.98 Å². The fraction of sp³-hybridized carbons (Fsp3) is 0.393. The number of hydrogen-bond acceptors (Lipinski definition) is 3. The summed E-state index contributed by atoms with van der Waals surface area (Å²) in [6.07, 6.45) is 2.36. The van der Waals surface area contributed by atoms with Gasteiger partial charge >= 0.3 is 6.18 Å². The fourth-order valence-electron chi connectivity index (χ4n) is 4.46. The van der Waals surface area contributed by atoms with Crippen LogP contribution in [-0.2, 0) is 11.0 Å². The average Bonchev–Trinajstić information content (AvgIpc) is 3.33. The molecule has 186 valence electrons. The van der Waals surface area contributed by atoms with E-state index < -0.39 is 11.7 Å². The smallest absolute Gasteiger partial charge is 0.419 e. The molecule has 0 amide bonds. The van der Waals surface area contributed by atoms with Crippen molar-refractivity contribution in [2.75, 3.05) is 0 Å². The van der Waals surface area contributed by atoms with E-state index in [0.717, 1.165) is 60.2 Å². The van der Waals surface area contributed by atoms with E-state index in [2.05, 4.69) is 10.1 Å². The van der Waals surface area contributed by atoms with E-state index in [9.17, 15) is 13.2 Å². The van der Waals surface area contributed by atoms with Crippen LogP contribution in [0, 0.1) is 0 Å². The predicted octanol–water partition coefficient (Wildman–Crippen LogP) is 8.48. The van der Waals surface area contributed by atoms with Crippen molar-refractivity contribution in [1.29, 1.82) is 0 Å². The Balaban J connectivity index is 1.66. The van der Waals surface area contributed by atoms with Crippen LogP contribution in [-0.4, -0.2) is 16.8 Å². The van der Waals surface area contributed by atoms with Crippen LogP contribution in [0.15, 0.2) is 59.4 Å². The lowest BCUT2D eigenvalue weighted by Crippen LogP contribution is -2.21. The van der Waals surface area contributed by atoms with Crippen molar-refractivity contribution >= 4 is 22.4 Å². The molecule has 0 saturated heterocycles. The Bertz CT molecular complexity index is 1230. The van der Waals surface area contributed by atoms with Crippen LogP contribution in [0.25, 0.3) is 16.7 Å². The number of fused-ring (bicyclic) bond motifs is 1. The number of H-pyrrole nitrogens is 1.